The van der Waals surface area contributed by atoms with Gasteiger partial charge in [-0.2, -0.15) is 0 Å². The Morgan fingerprint density at radius 2 is 2.27 bits per heavy atom. The highest BCUT2D eigenvalue weighted by Crippen LogP contribution is 1.76. The first-order chi connectivity index (χ1) is 7.13. The van der Waals surface area contributed by atoms with Crippen LogP contribution in [0.1, 0.15) is 0 Å². The predicted octanol–water partition coefficient (Wildman–Crippen LogP) is -2.39. The van der Waals surface area contributed by atoms with Crippen molar-refractivity contribution in [2.75, 3.05) is 13.1 Å². The van der Waals surface area contributed by atoms with Gasteiger partial charge in [-0.05, 0) is 0 Å². The first-order valence-electron chi connectivity index (χ1n) is 4.40. The molecule has 0 atom stereocenters. The molecular weight excluding hydrogens is 200 g/mol. The van der Waals surface area contributed by atoms with Crippen LogP contribution in [0, 0.1) is 0 Å². The maximum atomic E-state index is 11.2. The highest BCUT2D eigenvalue weighted by Gasteiger charge is 2.03. The van der Waals surface area contributed by atoms with Crippen molar-refractivity contribution in [2.45, 2.75) is 6.54 Å². The van der Waals surface area contributed by atoms with Crippen molar-refractivity contribution < 1.29 is 4.79 Å². The Bertz CT molecular complexity index is 448. The van der Waals surface area contributed by atoms with Gasteiger partial charge in [0.05, 0.1) is 0 Å². The largest absolute Gasteiger partial charge is 0.353 e. The van der Waals surface area contributed by atoms with Gasteiger partial charge in [0.15, 0.2) is 0 Å². The Balaban J connectivity index is 2.69. The van der Waals surface area contributed by atoms with Crippen molar-refractivity contribution in [3.63, 3.8) is 0 Å². The molecule has 0 aromatic carbocycles. The second-order valence-corrected chi connectivity index (χ2v) is 2.88. The van der Waals surface area contributed by atoms with Gasteiger partial charge in [0.1, 0.15) is 6.54 Å². The fraction of sp³-hybridized carbons (Fsp3) is 0.375. The minimum atomic E-state index is -0.606. The van der Waals surface area contributed by atoms with E-state index in [9.17, 15) is 14.4 Å². The van der Waals surface area contributed by atoms with Crippen LogP contribution in [0.25, 0.3) is 0 Å². The normalized spacial score (nSPS) is 9.93. The molecule has 0 radical (unpaired) electrons. The van der Waals surface area contributed by atoms with Crippen molar-refractivity contribution in [2.24, 2.45) is 5.73 Å². The number of rotatable bonds is 4. The van der Waals surface area contributed by atoms with Crippen LogP contribution in [-0.2, 0) is 11.3 Å². The average Bonchev–Trinajstić information content (AvgIpc) is 2.19. The SMILES string of the molecule is NCCNC(=O)Cn1ccc(=O)[nH]c1=O. The zero-order chi connectivity index (χ0) is 11.3. The number of carbonyl (C=O) groups excluding carboxylic acids is 1. The molecule has 82 valence electrons. The van der Waals surface area contributed by atoms with E-state index >= 15 is 0 Å². The molecule has 1 aromatic rings. The van der Waals surface area contributed by atoms with Crippen molar-refractivity contribution in [1.82, 2.24) is 14.9 Å². The summed E-state index contributed by atoms with van der Waals surface area (Å²) in [5.74, 6) is -0.324. The van der Waals surface area contributed by atoms with Gasteiger partial charge >= 0.3 is 5.69 Å². The lowest BCUT2D eigenvalue weighted by Crippen LogP contribution is -2.37. The quantitative estimate of drug-likeness (QED) is 0.517. The molecule has 0 saturated carbocycles. The molecule has 0 saturated heterocycles. The molecule has 0 bridgehead atoms. The lowest BCUT2D eigenvalue weighted by atomic mass is 10.5. The van der Waals surface area contributed by atoms with Gasteiger partial charge in [-0.1, -0.05) is 0 Å². The van der Waals surface area contributed by atoms with Crippen molar-refractivity contribution in [1.29, 1.82) is 0 Å². The number of aromatic amines is 1. The number of hydrogen-bond acceptors (Lipinski definition) is 4. The average molecular weight is 212 g/mol. The summed E-state index contributed by atoms with van der Waals surface area (Å²) in [4.78, 5) is 35.1. The lowest BCUT2D eigenvalue weighted by molar-refractivity contribution is -0.121. The van der Waals surface area contributed by atoms with Gasteiger partial charge in [-0.15, -0.1) is 0 Å². The van der Waals surface area contributed by atoms with E-state index in [1.54, 1.807) is 0 Å². The summed E-state index contributed by atoms with van der Waals surface area (Å²) in [5.41, 5.74) is 4.10. The Kier molecular flexibility index (Phi) is 3.81. The highest BCUT2D eigenvalue weighted by atomic mass is 16.2. The Hall–Kier alpha value is -1.89. The summed E-state index contributed by atoms with van der Waals surface area (Å²) in [6.45, 7) is 0.568. The van der Waals surface area contributed by atoms with Gasteiger partial charge in [-0.3, -0.25) is 19.1 Å². The fourth-order valence-corrected chi connectivity index (χ4v) is 0.991. The van der Waals surface area contributed by atoms with Gasteiger partial charge in [0.2, 0.25) is 5.91 Å². The van der Waals surface area contributed by atoms with E-state index in [1.165, 1.54) is 12.3 Å². The number of nitrogens with two attached hydrogens (primary N) is 1. The molecule has 15 heavy (non-hydrogen) atoms. The molecule has 1 aromatic heterocycles. The van der Waals surface area contributed by atoms with E-state index in [0.29, 0.717) is 13.1 Å². The molecule has 0 aliphatic carbocycles. The summed E-state index contributed by atoms with van der Waals surface area (Å²) in [7, 11) is 0. The van der Waals surface area contributed by atoms with E-state index in [0.717, 1.165) is 4.57 Å². The van der Waals surface area contributed by atoms with Crippen LogP contribution < -0.4 is 22.3 Å². The van der Waals surface area contributed by atoms with Crippen molar-refractivity contribution in [3.05, 3.63) is 33.1 Å². The van der Waals surface area contributed by atoms with E-state index < -0.39 is 11.2 Å². The highest BCUT2D eigenvalue weighted by molar-refractivity contribution is 5.75. The summed E-state index contributed by atoms with van der Waals surface area (Å²) < 4.78 is 1.10. The van der Waals surface area contributed by atoms with Crippen LogP contribution in [0.2, 0.25) is 0 Å². The van der Waals surface area contributed by atoms with Crippen LogP contribution in [0.3, 0.4) is 0 Å². The molecule has 1 rings (SSSR count). The van der Waals surface area contributed by atoms with Crippen molar-refractivity contribution in [3.8, 4) is 0 Å². The molecule has 0 fully saturated rings. The zero-order valence-corrected chi connectivity index (χ0v) is 8.03. The van der Waals surface area contributed by atoms with Gasteiger partial charge in [0, 0.05) is 25.4 Å². The maximum Gasteiger partial charge on any atom is 0.328 e. The number of nitrogens with zero attached hydrogens (tertiary/aromatic N) is 1. The smallest absolute Gasteiger partial charge is 0.328 e. The summed E-state index contributed by atoms with van der Waals surface area (Å²) in [5, 5.41) is 2.51. The first-order valence-corrected chi connectivity index (χ1v) is 4.40. The Morgan fingerprint density at radius 1 is 1.53 bits per heavy atom. The third-order valence-corrected chi connectivity index (χ3v) is 1.68. The van der Waals surface area contributed by atoms with E-state index in [2.05, 4.69) is 5.32 Å². The summed E-state index contributed by atoms with van der Waals surface area (Å²) in [6, 6.07) is 1.18. The minimum Gasteiger partial charge on any atom is -0.353 e. The predicted molar refractivity (Wildman–Crippen MR) is 53.4 cm³/mol. The summed E-state index contributed by atoms with van der Waals surface area (Å²) in [6.07, 6.45) is 1.27. The third kappa shape index (κ3) is 3.39. The molecule has 1 amide bonds. The fourth-order valence-electron chi connectivity index (χ4n) is 0.991. The number of aromatic nitrogens is 2. The van der Waals surface area contributed by atoms with Crippen LogP contribution in [0.15, 0.2) is 21.9 Å². The van der Waals surface area contributed by atoms with Gasteiger partial charge in [-0.25, -0.2) is 4.79 Å². The van der Waals surface area contributed by atoms with E-state index in [-0.39, 0.29) is 12.5 Å². The van der Waals surface area contributed by atoms with E-state index in [1.807, 2.05) is 4.98 Å². The van der Waals surface area contributed by atoms with E-state index in [4.69, 9.17) is 5.73 Å². The summed E-state index contributed by atoms with van der Waals surface area (Å²) >= 11 is 0. The van der Waals surface area contributed by atoms with Crippen LogP contribution in [0.4, 0.5) is 0 Å². The van der Waals surface area contributed by atoms with Gasteiger partial charge in [0.25, 0.3) is 5.56 Å². The molecule has 0 spiro atoms. The number of hydrogen-bond donors (Lipinski definition) is 3. The number of carbonyl (C=O) groups is 1. The second kappa shape index (κ2) is 5.11. The van der Waals surface area contributed by atoms with Crippen LogP contribution in [0.5, 0.6) is 0 Å². The first kappa shape index (κ1) is 11.2. The third-order valence-electron chi connectivity index (χ3n) is 1.68. The Morgan fingerprint density at radius 3 is 2.87 bits per heavy atom. The lowest BCUT2D eigenvalue weighted by Gasteiger charge is -2.04. The molecule has 4 N–H and O–H groups in total. The molecule has 0 aliphatic heterocycles. The van der Waals surface area contributed by atoms with Crippen LogP contribution >= 0.6 is 0 Å². The monoisotopic (exact) mass is 212 g/mol. The van der Waals surface area contributed by atoms with Gasteiger partial charge < -0.3 is 11.1 Å². The molecule has 0 unspecified atom stereocenters. The number of amides is 1. The molecule has 0 aliphatic rings. The zero-order valence-electron chi connectivity index (χ0n) is 8.03. The Labute approximate surface area is 84.9 Å². The van der Waals surface area contributed by atoms with Crippen LogP contribution in [-0.4, -0.2) is 28.5 Å². The maximum absolute atomic E-state index is 11.2. The second-order valence-electron chi connectivity index (χ2n) is 2.88. The minimum absolute atomic E-state index is 0.129. The molecular formula is C8H12N4O3. The molecule has 7 nitrogen and oxygen atoms in total. The standard InChI is InChI=1S/C8H12N4O3/c9-2-3-10-7(14)5-12-4-1-6(13)11-8(12)15/h1,4H,2-3,5,9H2,(H,10,14)(H,11,13,15). The molecule has 1 heterocycles. The number of H-pyrrole nitrogens is 1. The molecule has 7 heteroatoms. The topological polar surface area (TPSA) is 110 Å². The van der Waals surface area contributed by atoms with Crippen molar-refractivity contribution >= 4 is 5.91 Å². The number of nitrogens with one attached hydrogen (secondary N) is 2.